The lowest BCUT2D eigenvalue weighted by Crippen LogP contribution is -2.44. The number of likely N-dealkylation sites (tertiary alicyclic amines) is 1. The van der Waals surface area contributed by atoms with E-state index in [0.717, 1.165) is 25.7 Å². The van der Waals surface area contributed by atoms with E-state index in [1.165, 1.54) is 7.11 Å². The van der Waals surface area contributed by atoms with Gasteiger partial charge >= 0.3 is 5.97 Å². The quantitative estimate of drug-likeness (QED) is 0.461. The van der Waals surface area contributed by atoms with Crippen LogP contribution in [-0.4, -0.2) is 52.1 Å². The molecule has 2 aromatic rings. The molecule has 2 heterocycles. The molecular weight excluding hydrogens is 396 g/mol. The Morgan fingerprint density at radius 2 is 2.00 bits per heavy atom. The van der Waals surface area contributed by atoms with Gasteiger partial charge in [0.2, 0.25) is 5.91 Å². The largest absolute Gasteiger partial charge is 0.488 e. The van der Waals surface area contributed by atoms with Crippen LogP contribution >= 0.6 is 0 Å². The molecule has 1 aromatic heterocycles. The molecule has 1 aliphatic rings. The smallest absolute Gasteiger partial charge is 0.328 e. The molecule has 31 heavy (non-hydrogen) atoms. The summed E-state index contributed by atoms with van der Waals surface area (Å²) in [5.41, 5.74) is 5.80. The average Bonchev–Trinajstić information content (AvgIpc) is 3.40. The number of rotatable bonds is 10. The summed E-state index contributed by atoms with van der Waals surface area (Å²) in [6.45, 7) is 2.47. The van der Waals surface area contributed by atoms with E-state index in [1.807, 2.05) is 30.3 Å². The molecule has 0 aliphatic carbocycles. The second kappa shape index (κ2) is 10.8. The van der Waals surface area contributed by atoms with Gasteiger partial charge in [0.05, 0.1) is 20.0 Å². The van der Waals surface area contributed by atoms with E-state index in [1.54, 1.807) is 22.0 Å². The Morgan fingerprint density at radius 3 is 2.65 bits per heavy atom. The van der Waals surface area contributed by atoms with E-state index in [2.05, 4.69) is 11.9 Å². The summed E-state index contributed by atoms with van der Waals surface area (Å²) in [4.78, 5) is 31.8. The number of amides is 1. The van der Waals surface area contributed by atoms with Crippen LogP contribution in [0.25, 0.3) is 0 Å². The van der Waals surface area contributed by atoms with Crippen molar-refractivity contribution in [2.24, 2.45) is 0 Å². The number of para-hydroxylation sites is 1. The number of carbonyl (C=O) groups excluding carboxylic acids is 2. The number of methoxy groups -OCH3 is 1. The molecule has 2 N–H and O–H groups in total. The van der Waals surface area contributed by atoms with Gasteiger partial charge in [-0.1, -0.05) is 50.8 Å². The Labute approximate surface area is 183 Å². The summed E-state index contributed by atoms with van der Waals surface area (Å²) in [5.74, 6) is 0.511. The number of imidazole rings is 1. The highest BCUT2D eigenvalue weighted by atomic mass is 16.5. The molecule has 3 atom stereocenters. The van der Waals surface area contributed by atoms with Gasteiger partial charge in [-0.3, -0.25) is 4.79 Å². The van der Waals surface area contributed by atoms with E-state index >= 15 is 0 Å². The van der Waals surface area contributed by atoms with Crippen molar-refractivity contribution in [2.75, 3.05) is 19.4 Å². The van der Waals surface area contributed by atoms with E-state index in [9.17, 15) is 9.59 Å². The van der Waals surface area contributed by atoms with Gasteiger partial charge in [0.1, 0.15) is 29.8 Å². The number of aromatic nitrogens is 2. The molecule has 1 aromatic carbocycles. The number of benzene rings is 1. The van der Waals surface area contributed by atoms with Crippen molar-refractivity contribution >= 4 is 17.7 Å². The first-order valence-corrected chi connectivity index (χ1v) is 10.9. The Morgan fingerprint density at radius 1 is 1.23 bits per heavy atom. The molecule has 1 saturated heterocycles. The van der Waals surface area contributed by atoms with E-state index in [0.29, 0.717) is 31.0 Å². The molecule has 0 bridgehead atoms. The van der Waals surface area contributed by atoms with Gasteiger partial charge in [0.15, 0.2) is 0 Å². The zero-order valence-corrected chi connectivity index (χ0v) is 18.3. The molecule has 0 spiro atoms. The fourth-order valence-electron chi connectivity index (χ4n) is 4.06. The number of nitrogens with two attached hydrogens (primary N) is 1. The first-order valence-electron chi connectivity index (χ1n) is 10.9. The van der Waals surface area contributed by atoms with Crippen molar-refractivity contribution in [1.29, 1.82) is 0 Å². The lowest BCUT2D eigenvalue weighted by atomic mass is 10.1. The topological polar surface area (TPSA) is 99.7 Å². The second-order valence-electron chi connectivity index (χ2n) is 7.93. The third-order valence-corrected chi connectivity index (χ3v) is 5.66. The highest BCUT2D eigenvalue weighted by Crippen LogP contribution is 2.29. The van der Waals surface area contributed by atoms with Gasteiger partial charge in [-0.25, -0.2) is 9.78 Å². The molecule has 8 nitrogen and oxygen atoms in total. The number of nitrogens with zero attached hydrogens (tertiary/aromatic N) is 3. The Kier molecular flexibility index (Phi) is 7.92. The molecule has 1 aliphatic heterocycles. The van der Waals surface area contributed by atoms with Crippen molar-refractivity contribution in [3.05, 3.63) is 42.9 Å². The maximum Gasteiger partial charge on any atom is 0.328 e. The van der Waals surface area contributed by atoms with Gasteiger partial charge in [-0.2, -0.15) is 0 Å². The van der Waals surface area contributed by atoms with E-state index in [-0.39, 0.29) is 12.0 Å². The monoisotopic (exact) mass is 428 g/mol. The van der Waals surface area contributed by atoms with Gasteiger partial charge in [-0.15, -0.1) is 0 Å². The molecule has 0 saturated carbocycles. The minimum absolute atomic E-state index is 0.136. The van der Waals surface area contributed by atoms with Crippen LogP contribution in [0.4, 0.5) is 5.82 Å². The van der Waals surface area contributed by atoms with Crippen LogP contribution in [-0.2, 0) is 14.3 Å². The summed E-state index contributed by atoms with van der Waals surface area (Å²) in [5, 5.41) is 0. The molecule has 1 amide bonds. The minimum atomic E-state index is -0.676. The van der Waals surface area contributed by atoms with Crippen LogP contribution in [0.3, 0.4) is 0 Å². The van der Waals surface area contributed by atoms with Crippen LogP contribution in [0, 0.1) is 0 Å². The molecule has 168 valence electrons. The second-order valence-corrected chi connectivity index (χ2v) is 7.93. The van der Waals surface area contributed by atoms with Crippen molar-refractivity contribution in [1.82, 2.24) is 14.5 Å². The van der Waals surface area contributed by atoms with Crippen molar-refractivity contribution in [3.8, 4) is 5.75 Å². The van der Waals surface area contributed by atoms with Gasteiger partial charge in [0.25, 0.3) is 0 Å². The minimum Gasteiger partial charge on any atom is -0.488 e. The first-order chi connectivity index (χ1) is 15.0. The maximum atomic E-state index is 13.6. The van der Waals surface area contributed by atoms with Gasteiger partial charge in [-0.05, 0) is 18.6 Å². The number of esters is 1. The zero-order valence-electron chi connectivity index (χ0n) is 18.3. The average molecular weight is 429 g/mol. The third-order valence-electron chi connectivity index (χ3n) is 5.66. The normalized spacial score (nSPS) is 19.2. The number of carbonyl (C=O) groups is 2. The summed E-state index contributed by atoms with van der Waals surface area (Å²) in [6, 6.07) is 8.27. The van der Waals surface area contributed by atoms with E-state index < -0.39 is 18.1 Å². The van der Waals surface area contributed by atoms with Crippen molar-refractivity contribution in [3.63, 3.8) is 0 Å². The van der Waals surface area contributed by atoms with Crippen LogP contribution in [0.1, 0.15) is 51.5 Å². The first kappa shape index (κ1) is 22.7. The van der Waals surface area contributed by atoms with E-state index in [4.69, 9.17) is 15.2 Å². The summed E-state index contributed by atoms with van der Waals surface area (Å²) in [7, 11) is 1.34. The zero-order chi connectivity index (χ0) is 22.2. The fourth-order valence-corrected chi connectivity index (χ4v) is 4.06. The number of unbranched alkanes of at least 4 members (excludes halogenated alkanes) is 3. The molecule has 0 unspecified atom stereocenters. The predicted molar refractivity (Wildman–Crippen MR) is 117 cm³/mol. The van der Waals surface area contributed by atoms with Gasteiger partial charge < -0.3 is 24.7 Å². The lowest BCUT2D eigenvalue weighted by Gasteiger charge is -2.28. The van der Waals surface area contributed by atoms with Crippen LogP contribution in [0.2, 0.25) is 0 Å². The predicted octanol–water partition coefficient (Wildman–Crippen LogP) is 3.20. The molecule has 3 rings (SSSR count). The Hall–Kier alpha value is -3.03. The maximum absolute atomic E-state index is 13.6. The van der Waals surface area contributed by atoms with Crippen LogP contribution in [0.5, 0.6) is 5.75 Å². The molecule has 0 radical (unpaired) electrons. The highest BCUT2D eigenvalue weighted by molar-refractivity contribution is 5.87. The Bertz CT molecular complexity index is 854. The number of nitrogen functional groups attached to an aromatic ring is 1. The van der Waals surface area contributed by atoms with Crippen molar-refractivity contribution in [2.45, 2.75) is 63.6 Å². The number of anilines is 1. The SMILES string of the molecule is CCCCCC[C@H](C(=O)N1C[C@@H](Oc2ccccc2)C[C@H]1C(=O)OC)n1cnc(N)c1. The Balaban J connectivity index is 1.78. The number of hydrogen-bond acceptors (Lipinski definition) is 6. The standard InChI is InChI=1S/C23H32N4O4/c1-3-4-5-9-12-19(26-15-21(24)25-16-26)22(28)27-14-18(13-20(27)23(29)30-2)31-17-10-7-6-8-11-17/h6-8,10-11,15-16,18-20H,3-5,9,12-14,24H2,1-2H3/t18-,19+,20-/m0/s1. The molecule has 1 fully saturated rings. The summed E-state index contributed by atoms with van der Waals surface area (Å²) in [6.07, 6.45) is 8.20. The number of hydrogen-bond donors (Lipinski definition) is 1. The van der Waals surface area contributed by atoms with Crippen LogP contribution in [0.15, 0.2) is 42.9 Å². The van der Waals surface area contributed by atoms with Crippen LogP contribution < -0.4 is 10.5 Å². The summed E-state index contributed by atoms with van der Waals surface area (Å²) >= 11 is 0. The lowest BCUT2D eigenvalue weighted by molar-refractivity contribution is -0.152. The third kappa shape index (κ3) is 5.77. The number of ether oxygens (including phenoxy) is 2. The van der Waals surface area contributed by atoms with Crippen molar-refractivity contribution < 1.29 is 19.1 Å². The summed E-state index contributed by atoms with van der Waals surface area (Å²) < 4.78 is 12.8. The van der Waals surface area contributed by atoms with Gasteiger partial charge in [0, 0.05) is 12.6 Å². The fraction of sp³-hybridized carbons (Fsp3) is 0.522. The molecule has 8 heteroatoms. The highest BCUT2D eigenvalue weighted by Gasteiger charge is 2.43. The molecular formula is C23H32N4O4.